The van der Waals surface area contributed by atoms with Gasteiger partial charge in [-0.15, -0.1) is 0 Å². The van der Waals surface area contributed by atoms with E-state index in [2.05, 4.69) is 41.5 Å². The third kappa shape index (κ3) is 8.79. The summed E-state index contributed by atoms with van der Waals surface area (Å²) in [7, 11) is -4.11. The molecule has 0 saturated heterocycles. The SMILES string of the molecule is CCC[Si](CCC[Si](CCC)(OCC)OCC)(OCC)OCC. The van der Waals surface area contributed by atoms with Crippen LogP contribution in [-0.4, -0.2) is 43.5 Å². The van der Waals surface area contributed by atoms with Crippen LogP contribution in [0.1, 0.15) is 60.8 Å². The zero-order valence-corrected chi connectivity index (χ0v) is 18.4. The fraction of sp³-hybridized carbons (Fsp3) is 1.00. The predicted molar refractivity (Wildman–Crippen MR) is 102 cm³/mol. The van der Waals surface area contributed by atoms with Gasteiger partial charge in [0.05, 0.1) is 0 Å². The van der Waals surface area contributed by atoms with E-state index < -0.39 is 17.1 Å². The second kappa shape index (κ2) is 13.6. The third-order valence-corrected chi connectivity index (χ3v) is 12.0. The standard InChI is InChI=1S/C17H40O4Si2/c1-7-14-22(18-9-3,19-10-4)16-13-17-23(15-8-2,20-11-5)21-12-6/h7-17H2,1-6H3. The second-order valence-corrected chi connectivity index (χ2v) is 12.7. The Bertz CT molecular complexity index is 217. The van der Waals surface area contributed by atoms with Gasteiger partial charge in [-0.3, -0.25) is 0 Å². The topological polar surface area (TPSA) is 36.9 Å². The summed E-state index contributed by atoms with van der Waals surface area (Å²) in [5, 5.41) is 0. The van der Waals surface area contributed by atoms with Crippen molar-refractivity contribution in [3.8, 4) is 0 Å². The third-order valence-electron chi connectivity index (χ3n) is 4.01. The van der Waals surface area contributed by atoms with Crippen LogP contribution in [0.15, 0.2) is 0 Å². The zero-order valence-electron chi connectivity index (χ0n) is 16.4. The highest BCUT2D eigenvalue weighted by Crippen LogP contribution is 2.29. The molecule has 0 fully saturated rings. The van der Waals surface area contributed by atoms with Crippen LogP contribution in [0.3, 0.4) is 0 Å². The second-order valence-electron chi connectivity index (χ2n) is 5.91. The Hall–Kier alpha value is 0.274. The zero-order chi connectivity index (χ0) is 17.6. The molecule has 0 aliphatic heterocycles. The van der Waals surface area contributed by atoms with Gasteiger partial charge in [-0.05, 0) is 58.3 Å². The average molecular weight is 365 g/mol. The first-order chi connectivity index (χ1) is 11.1. The van der Waals surface area contributed by atoms with E-state index in [1.54, 1.807) is 0 Å². The number of hydrogen-bond acceptors (Lipinski definition) is 4. The maximum atomic E-state index is 6.16. The minimum atomic E-state index is -2.05. The molecule has 0 heterocycles. The van der Waals surface area contributed by atoms with E-state index in [9.17, 15) is 0 Å². The molecule has 0 aromatic carbocycles. The van der Waals surface area contributed by atoms with Crippen LogP contribution in [0, 0.1) is 0 Å². The van der Waals surface area contributed by atoms with Crippen LogP contribution in [0.5, 0.6) is 0 Å². The maximum absolute atomic E-state index is 6.16. The molecule has 0 N–H and O–H groups in total. The van der Waals surface area contributed by atoms with Crippen molar-refractivity contribution in [2.24, 2.45) is 0 Å². The molecule has 0 aliphatic carbocycles. The van der Waals surface area contributed by atoms with Gasteiger partial charge in [0.15, 0.2) is 0 Å². The van der Waals surface area contributed by atoms with Crippen molar-refractivity contribution in [1.82, 2.24) is 0 Å². The summed E-state index contributed by atoms with van der Waals surface area (Å²) in [6.45, 7) is 15.7. The van der Waals surface area contributed by atoms with Gasteiger partial charge < -0.3 is 17.7 Å². The monoisotopic (exact) mass is 364 g/mol. The molecule has 0 rings (SSSR count). The molecule has 23 heavy (non-hydrogen) atoms. The van der Waals surface area contributed by atoms with Crippen molar-refractivity contribution < 1.29 is 17.7 Å². The van der Waals surface area contributed by atoms with Gasteiger partial charge in [0.25, 0.3) is 0 Å². The highest BCUT2D eigenvalue weighted by Gasteiger charge is 2.40. The van der Waals surface area contributed by atoms with E-state index in [0.29, 0.717) is 0 Å². The summed E-state index contributed by atoms with van der Waals surface area (Å²) in [5.74, 6) is 0. The van der Waals surface area contributed by atoms with E-state index in [1.807, 2.05) is 0 Å². The molecule has 0 aromatic heterocycles. The molecule has 0 bridgehead atoms. The predicted octanol–water partition coefficient (Wildman–Crippen LogP) is 5.23. The van der Waals surface area contributed by atoms with E-state index in [1.165, 1.54) is 0 Å². The van der Waals surface area contributed by atoms with Gasteiger partial charge in [0.2, 0.25) is 0 Å². The Balaban J connectivity index is 4.82. The van der Waals surface area contributed by atoms with Gasteiger partial charge in [-0.1, -0.05) is 26.7 Å². The van der Waals surface area contributed by atoms with Crippen molar-refractivity contribution in [3.63, 3.8) is 0 Å². The average Bonchev–Trinajstić information content (AvgIpc) is 2.49. The van der Waals surface area contributed by atoms with E-state index in [-0.39, 0.29) is 0 Å². The first kappa shape index (κ1) is 23.3. The molecule has 0 radical (unpaired) electrons. The highest BCUT2D eigenvalue weighted by molar-refractivity contribution is 6.69. The quantitative estimate of drug-likeness (QED) is 0.352. The van der Waals surface area contributed by atoms with Gasteiger partial charge in [0.1, 0.15) is 0 Å². The fourth-order valence-corrected chi connectivity index (χ4v) is 10.6. The number of hydrogen-bond donors (Lipinski definition) is 0. The van der Waals surface area contributed by atoms with Crippen LogP contribution in [0.4, 0.5) is 0 Å². The van der Waals surface area contributed by atoms with Crippen molar-refractivity contribution in [2.45, 2.75) is 85.0 Å². The summed E-state index contributed by atoms with van der Waals surface area (Å²) in [4.78, 5) is 0. The minimum Gasteiger partial charge on any atom is -0.394 e. The van der Waals surface area contributed by atoms with Crippen molar-refractivity contribution >= 4 is 17.1 Å². The normalized spacial score (nSPS) is 12.8. The Kier molecular flexibility index (Phi) is 13.7. The number of rotatable bonds is 16. The summed E-state index contributed by atoms with van der Waals surface area (Å²) >= 11 is 0. The molecule has 0 unspecified atom stereocenters. The molecule has 0 saturated carbocycles. The van der Waals surface area contributed by atoms with Crippen molar-refractivity contribution in [3.05, 3.63) is 0 Å². The van der Waals surface area contributed by atoms with E-state index >= 15 is 0 Å². The first-order valence-corrected chi connectivity index (χ1v) is 14.1. The molecule has 140 valence electrons. The Morgan fingerprint density at radius 2 is 0.783 bits per heavy atom. The molecule has 0 atom stereocenters. The fourth-order valence-electron chi connectivity index (χ4n) is 3.35. The lowest BCUT2D eigenvalue weighted by atomic mass is 10.6. The largest absolute Gasteiger partial charge is 0.394 e. The summed E-state index contributed by atoms with van der Waals surface area (Å²) in [6, 6.07) is 4.28. The van der Waals surface area contributed by atoms with Gasteiger partial charge in [0, 0.05) is 26.4 Å². The Labute approximate surface area is 146 Å². The van der Waals surface area contributed by atoms with Crippen LogP contribution < -0.4 is 0 Å². The Morgan fingerprint density at radius 3 is 1.00 bits per heavy atom. The van der Waals surface area contributed by atoms with E-state index in [0.717, 1.165) is 69.9 Å². The summed E-state index contributed by atoms with van der Waals surface area (Å²) < 4.78 is 24.6. The van der Waals surface area contributed by atoms with Crippen molar-refractivity contribution in [1.29, 1.82) is 0 Å². The van der Waals surface area contributed by atoms with Gasteiger partial charge >= 0.3 is 17.1 Å². The van der Waals surface area contributed by atoms with E-state index in [4.69, 9.17) is 17.7 Å². The maximum Gasteiger partial charge on any atom is 0.338 e. The molecule has 0 aromatic rings. The van der Waals surface area contributed by atoms with Gasteiger partial charge in [-0.25, -0.2) is 0 Å². The van der Waals surface area contributed by atoms with Crippen molar-refractivity contribution in [2.75, 3.05) is 26.4 Å². The van der Waals surface area contributed by atoms with Gasteiger partial charge in [-0.2, -0.15) is 0 Å². The minimum absolute atomic E-state index is 0.751. The van der Waals surface area contributed by atoms with Crippen LogP contribution >= 0.6 is 0 Å². The molecule has 0 aliphatic rings. The molecule has 4 nitrogen and oxygen atoms in total. The smallest absolute Gasteiger partial charge is 0.338 e. The van der Waals surface area contributed by atoms with Crippen LogP contribution in [0.25, 0.3) is 0 Å². The van der Waals surface area contributed by atoms with Crippen LogP contribution in [-0.2, 0) is 17.7 Å². The lowest BCUT2D eigenvalue weighted by molar-refractivity contribution is 0.175. The lowest BCUT2D eigenvalue weighted by Gasteiger charge is -2.33. The molecule has 6 heteroatoms. The molecule has 0 amide bonds. The Morgan fingerprint density at radius 1 is 0.478 bits per heavy atom. The lowest BCUT2D eigenvalue weighted by Crippen LogP contribution is -2.45. The summed E-state index contributed by atoms with van der Waals surface area (Å²) in [6.07, 6.45) is 3.35. The van der Waals surface area contributed by atoms with Crippen LogP contribution in [0.2, 0.25) is 24.2 Å². The first-order valence-electron chi connectivity index (χ1n) is 9.63. The highest BCUT2D eigenvalue weighted by atomic mass is 28.4. The summed E-state index contributed by atoms with van der Waals surface area (Å²) in [5.41, 5.74) is 0. The molecule has 0 spiro atoms. The molecular weight excluding hydrogens is 324 g/mol. The molecular formula is C17H40O4Si2.